The van der Waals surface area contributed by atoms with Crippen LogP contribution in [0.2, 0.25) is 0 Å². The first-order chi connectivity index (χ1) is 5.87. The van der Waals surface area contributed by atoms with Crippen LogP contribution in [0.25, 0.3) is 0 Å². The second kappa shape index (κ2) is 3.29. The molecule has 1 heterocycles. The lowest BCUT2D eigenvalue weighted by Crippen LogP contribution is -2.27. The number of hydrogen-bond donors (Lipinski definition) is 3. The van der Waals surface area contributed by atoms with Crippen LogP contribution in [0.1, 0.15) is 20.8 Å². The third kappa shape index (κ3) is 3.37. The van der Waals surface area contributed by atoms with Gasteiger partial charge in [0.2, 0.25) is 16.7 Å². The van der Waals surface area contributed by atoms with Crippen LogP contribution in [0, 0.1) is 4.77 Å². The molecule has 1 rings (SSSR count). The van der Waals surface area contributed by atoms with Crippen molar-refractivity contribution in [3.63, 3.8) is 0 Å². The molecule has 0 bridgehead atoms. The number of nitrogens with one attached hydrogen (secondary N) is 2. The smallest absolute Gasteiger partial charge is 0.225 e. The Hall–Kier alpha value is -1.17. The van der Waals surface area contributed by atoms with Gasteiger partial charge in [0.25, 0.3) is 0 Å². The maximum atomic E-state index is 5.46. The summed E-state index contributed by atoms with van der Waals surface area (Å²) in [4.78, 5) is 10.5. The van der Waals surface area contributed by atoms with Crippen molar-refractivity contribution in [1.29, 1.82) is 0 Å². The third-order valence-electron chi connectivity index (χ3n) is 1.16. The van der Waals surface area contributed by atoms with Gasteiger partial charge in [-0.05, 0) is 33.0 Å². The molecule has 13 heavy (non-hydrogen) atoms. The predicted octanol–water partition coefficient (Wildman–Crippen LogP) is 1.33. The molecule has 0 fully saturated rings. The van der Waals surface area contributed by atoms with E-state index in [1.165, 1.54) is 0 Å². The Labute approximate surface area is 81.8 Å². The van der Waals surface area contributed by atoms with E-state index in [4.69, 9.17) is 18.0 Å². The van der Waals surface area contributed by atoms with Crippen LogP contribution in [-0.2, 0) is 0 Å². The van der Waals surface area contributed by atoms with Crippen LogP contribution in [-0.4, -0.2) is 20.5 Å². The molecule has 0 aliphatic heterocycles. The highest BCUT2D eigenvalue weighted by Gasteiger charge is 2.10. The number of nitrogens with zero attached hydrogens (tertiary/aromatic N) is 2. The molecule has 5 nitrogen and oxygen atoms in total. The zero-order valence-electron chi connectivity index (χ0n) is 7.88. The molecule has 0 radical (unpaired) electrons. The molecule has 0 aromatic carbocycles. The maximum absolute atomic E-state index is 5.46. The Balaban J connectivity index is 2.96. The van der Waals surface area contributed by atoms with Crippen LogP contribution < -0.4 is 11.1 Å². The van der Waals surface area contributed by atoms with Gasteiger partial charge < -0.3 is 11.1 Å². The monoisotopic (exact) mass is 199 g/mol. The van der Waals surface area contributed by atoms with Crippen LogP contribution in [0.5, 0.6) is 0 Å². The van der Waals surface area contributed by atoms with E-state index in [9.17, 15) is 0 Å². The lowest BCUT2D eigenvalue weighted by molar-refractivity contribution is 0.625. The fraction of sp³-hybridized carbons (Fsp3) is 0.571. The van der Waals surface area contributed by atoms with Crippen LogP contribution in [0.3, 0.4) is 0 Å². The van der Waals surface area contributed by atoms with Crippen molar-refractivity contribution in [2.75, 3.05) is 11.1 Å². The molecular formula is C7H13N5S. The molecule has 0 amide bonds. The average Bonchev–Trinajstić information content (AvgIpc) is 1.78. The van der Waals surface area contributed by atoms with E-state index in [-0.39, 0.29) is 16.3 Å². The summed E-state index contributed by atoms with van der Waals surface area (Å²) in [6.07, 6.45) is 0. The quantitative estimate of drug-likeness (QED) is 0.594. The summed E-state index contributed by atoms with van der Waals surface area (Å²) >= 11 is 4.81. The Morgan fingerprint density at radius 3 is 2.46 bits per heavy atom. The summed E-state index contributed by atoms with van der Waals surface area (Å²) < 4.78 is 0.239. The zero-order valence-corrected chi connectivity index (χ0v) is 8.70. The second-order valence-corrected chi connectivity index (χ2v) is 4.11. The van der Waals surface area contributed by atoms with Gasteiger partial charge in [-0.15, -0.1) is 0 Å². The van der Waals surface area contributed by atoms with Gasteiger partial charge in [-0.3, -0.25) is 4.98 Å². The van der Waals surface area contributed by atoms with Gasteiger partial charge in [0.1, 0.15) is 0 Å². The van der Waals surface area contributed by atoms with Crippen molar-refractivity contribution in [2.45, 2.75) is 26.3 Å². The van der Waals surface area contributed by atoms with Gasteiger partial charge in [0.15, 0.2) is 0 Å². The standard InChI is InChI=1S/C7H13N5S/c1-7(2,3)12-5-9-4(8)10-6(13)11-5/h1-3H3,(H4,8,9,10,11,12,13). The Morgan fingerprint density at radius 2 is 2.00 bits per heavy atom. The van der Waals surface area contributed by atoms with Gasteiger partial charge in [0, 0.05) is 5.54 Å². The molecule has 0 aliphatic rings. The third-order valence-corrected chi connectivity index (χ3v) is 1.35. The molecular weight excluding hydrogens is 186 g/mol. The zero-order chi connectivity index (χ0) is 10.1. The minimum Gasteiger partial charge on any atom is -0.369 e. The Kier molecular flexibility index (Phi) is 2.51. The molecule has 0 saturated carbocycles. The molecule has 0 aliphatic carbocycles. The molecule has 0 unspecified atom stereocenters. The number of nitrogens with two attached hydrogens (primary N) is 1. The summed E-state index contributed by atoms with van der Waals surface area (Å²) in [5, 5.41) is 3.11. The molecule has 6 heteroatoms. The molecule has 1 aromatic heterocycles. The van der Waals surface area contributed by atoms with E-state index in [1.807, 2.05) is 20.8 Å². The number of aromatic amines is 1. The van der Waals surface area contributed by atoms with Crippen LogP contribution in [0.15, 0.2) is 0 Å². The maximum Gasteiger partial charge on any atom is 0.225 e. The first-order valence-electron chi connectivity index (χ1n) is 3.89. The average molecular weight is 199 g/mol. The molecule has 4 N–H and O–H groups in total. The number of anilines is 2. The Bertz CT molecular complexity index is 351. The summed E-state index contributed by atoms with van der Waals surface area (Å²) in [5.41, 5.74) is 5.38. The van der Waals surface area contributed by atoms with E-state index in [0.717, 1.165) is 0 Å². The number of hydrogen-bond acceptors (Lipinski definition) is 5. The molecule has 72 valence electrons. The van der Waals surface area contributed by atoms with E-state index >= 15 is 0 Å². The summed E-state index contributed by atoms with van der Waals surface area (Å²) in [6, 6.07) is 0. The summed E-state index contributed by atoms with van der Waals surface area (Å²) in [6.45, 7) is 6.05. The van der Waals surface area contributed by atoms with Crippen molar-refractivity contribution in [3.8, 4) is 0 Å². The van der Waals surface area contributed by atoms with Crippen LogP contribution >= 0.6 is 12.2 Å². The van der Waals surface area contributed by atoms with E-state index in [1.54, 1.807) is 0 Å². The first kappa shape index (κ1) is 9.91. The fourth-order valence-electron chi connectivity index (χ4n) is 0.815. The predicted molar refractivity (Wildman–Crippen MR) is 55.0 cm³/mol. The highest BCUT2D eigenvalue weighted by molar-refractivity contribution is 7.71. The van der Waals surface area contributed by atoms with Crippen molar-refractivity contribution in [1.82, 2.24) is 15.0 Å². The topological polar surface area (TPSA) is 79.6 Å². The largest absolute Gasteiger partial charge is 0.369 e. The number of nitrogen functional groups attached to an aromatic ring is 1. The highest BCUT2D eigenvalue weighted by Crippen LogP contribution is 2.09. The SMILES string of the molecule is CC(C)(C)Nc1nc(=S)nc(N)[nH]1. The Morgan fingerprint density at radius 1 is 1.38 bits per heavy atom. The van der Waals surface area contributed by atoms with Crippen molar-refractivity contribution < 1.29 is 0 Å². The van der Waals surface area contributed by atoms with Crippen molar-refractivity contribution in [2.24, 2.45) is 0 Å². The van der Waals surface area contributed by atoms with E-state index < -0.39 is 0 Å². The molecule has 1 aromatic rings. The number of rotatable bonds is 1. The van der Waals surface area contributed by atoms with Gasteiger partial charge in [-0.1, -0.05) is 0 Å². The van der Waals surface area contributed by atoms with Gasteiger partial charge in [-0.2, -0.15) is 9.97 Å². The number of aromatic nitrogens is 3. The molecule has 0 atom stereocenters. The van der Waals surface area contributed by atoms with Gasteiger partial charge in [0.05, 0.1) is 0 Å². The summed E-state index contributed by atoms with van der Waals surface area (Å²) in [5.74, 6) is 0.816. The van der Waals surface area contributed by atoms with Gasteiger partial charge in [-0.25, -0.2) is 0 Å². The normalized spacial score (nSPS) is 11.3. The lowest BCUT2D eigenvalue weighted by atomic mass is 10.1. The van der Waals surface area contributed by atoms with Crippen molar-refractivity contribution in [3.05, 3.63) is 4.77 Å². The second-order valence-electron chi connectivity index (χ2n) is 3.74. The molecule has 0 saturated heterocycles. The minimum atomic E-state index is -0.0843. The highest BCUT2D eigenvalue weighted by atomic mass is 32.1. The lowest BCUT2D eigenvalue weighted by Gasteiger charge is -2.20. The molecule has 0 spiro atoms. The van der Waals surface area contributed by atoms with E-state index in [0.29, 0.717) is 5.95 Å². The van der Waals surface area contributed by atoms with Crippen molar-refractivity contribution >= 4 is 24.1 Å². The fourth-order valence-corrected chi connectivity index (χ4v) is 1.00. The first-order valence-corrected chi connectivity index (χ1v) is 4.30. The number of H-pyrrole nitrogens is 1. The summed E-state index contributed by atoms with van der Waals surface area (Å²) in [7, 11) is 0. The minimum absolute atomic E-state index is 0.0843. The van der Waals surface area contributed by atoms with Gasteiger partial charge >= 0.3 is 0 Å². The van der Waals surface area contributed by atoms with E-state index in [2.05, 4.69) is 20.3 Å². The van der Waals surface area contributed by atoms with Crippen LogP contribution in [0.4, 0.5) is 11.9 Å².